The van der Waals surface area contributed by atoms with Gasteiger partial charge in [0.25, 0.3) is 0 Å². The molecule has 4 heterocycles. The molecule has 5 aromatic rings. The highest BCUT2D eigenvalue weighted by Gasteiger charge is 2.20. The standard InChI is InChI=1S/C25H21N5O4/c1-13-10-17(15(3)28-19-7-5-9-27-20(19)24-29-25(32)34-30-24)23-18(11-13)21(31)14(2)22(33-23)16-6-4-8-26-12-16/h4-12,15,28H,1-3H3,(H,29,30,32). The number of benzene rings is 1. The van der Waals surface area contributed by atoms with Gasteiger partial charge in [-0.05, 0) is 56.7 Å². The molecule has 9 heteroatoms. The van der Waals surface area contributed by atoms with Crippen molar-refractivity contribution >= 4 is 16.7 Å². The molecule has 5 rings (SSSR count). The molecule has 1 atom stereocenters. The minimum absolute atomic E-state index is 0.0838. The van der Waals surface area contributed by atoms with Crippen LogP contribution in [0.5, 0.6) is 0 Å². The Morgan fingerprint density at radius 1 is 1.09 bits per heavy atom. The number of fused-ring (bicyclic) bond motifs is 1. The van der Waals surface area contributed by atoms with E-state index in [1.165, 1.54) is 0 Å². The molecule has 0 aliphatic carbocycles. The number of anilines is 1. The van der Waals surface area contributed by atoms with Crippen LogP contribution in [0.4, 0.5) is 5.69 Å². The van der Waals surface area contributed by atoms with E-state index in [9.17, 15) is 9.59 Å². The average molecular weight is 455 g/mol. The number of nitrogens with one attached hydrogen (secondary N) is 2. The van der Waals surface area contributed by atoms with Crippen LogP contribution in [0.25, 0.3) is 33.8 Å². The first-order chi connectivity index (χ1) is 16.4. The van der Waals surface area contributed by atoms with Crippen LogP contribution < -0.4 is 16.5 Å². The van der Waals surface area contributed by atoms with Crippen molar-refractivity contribution in [3.8, 4) is 22.8 Å². The third kappa shape index (κ3) is 3.77. The van der Waals surface area contributed by atoms with Gasteiger partial charge in [0.2, 0.25) is 5.82 Å². The number of hydrogen-bond acceptors (Lipinski definition) is 8. The summed E-state index contributed by atoms with van der Waals surface area (Å²) in [5.41, 5.74) is 4.49. The van der Waals surface area contributed by atoms with Crippen molar-refractivity contribution in [2.45, 2.75) is 26.8 Å². The largest absolute Gasteiger partial charge is 0.455 e. The van der Waals surface area contributed by atoms with Gasteiger partial charge < -0.3 is 9.73 Å². The Morgan fingerprint density at radius 2 is 1.91 bits per heavy atom. The minimum atomic E-state index is -0.663. The highest BCUT2D eigenvalue weighted by atomic mass is 16.5. The molecule has 0 saturated carbocycles. The lowest BCUT2D eigenvalue weighted by atomic mass is 9.99. The van der Waals surface area contributed by atoms with Crippen LogP contribution in [0.1, 0.15) is 29.7 Å². The van der Waals surface area contributed by atoms with Crippen molar-refractivity contribution in [3.63, 3.8) is 0 Å². The minimum Gasteiger partial charge on any atom is -0.455 e. The summed E-state index contributed by atoms with van der Waals surface area (Å²) in [6.45, 7) is 5.66. The van der Waals surface area contributed by atoms with E-state index in [1.807, 2.05) is 38.1 Å². The van der Waals surface area contributed by atoms with Gasteiger partial charge in [-0.3, -0.25) is 24.3 Å². The third-order valence-corrected chi connectivity index (χ3v) is 5.63. The summed E-state index contributed by atoms with van der Waals surface area (Å²) in [5.74, 6) is 0.0463. The van der Waals surface area contributed by atoms with Gasteiger partial charge in [0.15, 0.2) is 5.43 Å². The van der Waals surface area contributed by atoms with Crippen LogP contribution in [0.2, 0.25) is 0 Å². The number of H-pyrrole nitrogens is 1. The van der Waals surface area contributed by atoms with Gasteiger partial charge in [-0.1, -0.05) is 11.2 Å². The van der Waals surface area contributed by atoms with Crippen LogP contribution >= 0.6 is 0 Å². The maximum absolute atomic E-state index is 13.3. The lowest BCUT2D eigenvalue weighted by molar-refractivity contribution is 0.388. The van der Waals surface area contributed by atoms with Gasteiger partial charge in [0.1, 0.15) is 17.0 Å². The van der Waals surface area contributed by atoms with E-state index in [-0.39, 0.29) is 17.3 Å². The third-order valence-electron chi connectivity index (χ3n) is 5.63. The van der Waals surface area contributed by atoms with Crippen molar-refractivity contribution in [3.05, 3.63) is 92.5 Å². The molecule has 0 fully saturated rings. The Kier molecular flexibility index (Phi) is 5.29. The van der Waals surface area contributed by atoms with E-state index in [2.05, 4.69) is 29.9 Å². The summed E-state index contributed by atoms with van der Waals surface area (Å²) in [7, 11) is 0. The average Bonchev–Trinajstić information content (AvgIpc) is 3.28. The molecule has 0 amide bonds. The lowest BCUT2D eigenvalue weighted by Gasteiger charge is -2.19. The molecule has 1 aromatic carbocycles. The predicted molar refractivity (Wildman–Crippen MR) is 128 cm³/mol. The summed E-state index contributed by atoms with van der Waals surface area (Å²) in [4.78, 5) is 35.7. The van der Waals surface area contributed by atoms with Crippen molar-refractivity contribution in [1.29, 1.82) is 0 Å². The van der Waals surface area contributed by atoms with Gasteiger partial charge in [-0.15, -0.1) is 0 Å². The van der Waals surface area contributed by atoms with Gasteiger partial charge in [0, 0.05) is 35.3 Å². The molecular formula is C25H21N5O4. The molecule has 34 heavy (non-hydrogen) atoms. The fourth-order valence-electron chi connectivity index (χ4n) is 4.01. The maximum atomic E-state index is 13.3. The van der Waals surface area contributed by atoms with Crippen LogP contribution in [0, 0.1) is 13.8 Å². The van der Waals surface area contributed by atoms with E-state index in [4.69, 9.17) is 4.42 Å². The number of nitrogens with zero attached hydrogens (tertiary/aromatic N) is 3. The Balaban J connectivity index is 1.64. The van der Waals surface area contributed by atoms with Gasteiger partial charge in [0.05, 0.1) is 17.1 Å². The molecule has 0 aliphatic heterocycles. The lowest BCUT2D eigenvalue weighted by Crippen LogP contribution is -2.13. The topological polar surface area (TPSA) is 127 Å². The van der Waals surface area contributed by atoms with E-state index in [1.54, 1.807) is 37.6 Å². The Morgan fingerprint density at radius 3 is 2.65 bits per heavy atom. The fourth-order valence-corrected chi connectivity index (χ4v) is 4.01. The molecule has 0 aliphatic rings. The maximum Gasteiger partial charge on any atom is 0.439 e. The Hall–Kier alpha value is -4.53. The first-order valence-electron chi connectivity index (χ1n) is 10.7. The van der Waals surface area contributed by atoms with Crippen molar-refractivity contribution in [1.82, 2.24) is 20.1 Å². The van der Waals surface area contributed by atoms with Crippen molar-refractivity contribution < 1.29 is 8.94 Å². The molecule has 170 valence electrons. The molecule has 0 bridgehead atoms. The summed E-state index contributed by atoms with van der Waals surface area (Å²) in [6, 6.07) is 10.8. The summed E-state index contributed by atoms with van der Waals surface area (Å²) >= 11 is 0. The Bertz CT molecular complexity index is 1620. The van der Waals surface area contributed by atoms with E-state index < -0.39 is 5.76 Å². The molecular weight excluding hydrogens is 434 g/mol. The predicted octanol–water partition coefficient (Wildman–Crippen LogP) is 4.38. The quantitative estimate of drug-likeness (QED) is 0.400. The zero-order valence-electron chi connectivity index (χ0n) is 18.7. The Labute approximate surface area is 193 Å². The number of aromatic amines is 1. The zero-order valence-corrected chi connectivity index (χ0v) is 18.7. The molecule has 4 aromatic heterocycles. The number of hydrogen-bond donors (Lipinski definition) is 2. The van der Waals surface area contributed by atoms with Crippen LogP contribution in [0.15, 0.2) is 73.5 Å². The number of aryl methyl sites for hydroxylation is 1. The summed E-state index contributed by atoms with van der Waals surface area (Å²) in [6.07, 6.45) is 4.95. The molecule has 0 spiro atoms. The monoisotopic (exact) mass is 455 g/mol. The van der Waals surface area contributed by atoms with Crippen molar-refractivity contribution in [2.75, 3.05) is 5.32 Å². The second kappa shape index (κ2) is 8.43. The zero-order chi connectivity index (χ0) is 23.8. The highest BCUT2D eigenvalue weighted by Crippen LogP contribution is 2.33. The fraction of sp³-hybridized carbons (Fsp3) is 0.160. The van der Waals surface area contributed by atoms with E-state index in [0.717, 1.165) is 16.7 Å². The molecule has 0 saturated heterocycles. The summed E-state index contributed by atoms with van der Waals surface area (Å²) < 4.78 is 11.0. The number of pyridine rings is 2. The van der Waals surface area contributed by atoms with Crippen LogP contribution in [0.3, 0.4) is 0 Å². The molecule has 1 unspecified atom stereocenters. The van der Waals surface area contributed by atoms with Gasteiger partial charge >= 0.3 is 5.76 Å². The molecule has 0 radical (unpaired) electrons. The van der Waals surface area contributed by atoms with Crippen LogP contribution in [-0.2, 0) is 0 Å². The van der Waals surface area contributed by atoms with E-state index >= 15 is 0 Å². The first kappa shape index (κ1) is 21.3. The summed E-state index contributed by atoms with van der Waals surface area (Å²) in [5, 5.41) is 7.67. The van der Waals surface area contributed by atoms with E-state index in [0.29, 0.717) is 33.7 Å². The highest BCUT2D eigenvalue weighted by molar-refractivity contribution is 5.84. The molecule has 9 nitrogen and oxygen atoms in total. The first-order valence-corrected chi connectivity index (χ1v) is 10.7. The number of aromatic nitrogens is 4. The second-order valence-electron chi connectivity index (χ2n) is 8.07. The SMILES string of the molecule is Cc1cc(C(C)Nc2cccnc2-c2noc(=O)[nH]2)c2oc(-c3cccnc3)c(C)c(=O)c2c1. The van der Waals surface area contributed by atoms with Gasteiger partial charge in [-0.2, -0.15) is 0 Å². The van der Waals surface area contributed by atoms with Crippen LogP contribution in [-0.4, -0.2) is 20.1 Å². The molecule has 2 N–H and O–H groups in total. The van der Waals surface area contributed by atoms with Gasteiger partial charge in [-0.25, -0.2) is 4.79 Å². The van der Waals surface area contributed by atoms with Crippen molar-refractivity contribution in [2.24, 2.45) is 0 Å². The second-order valence-corrected chi connectivity index (χ2v) is 8.07. The normalized spacial score (nSPS) is 12.1. The number of rotatable bonds is 5. The smallest absolute Gasteiger partial charge is 0.439 e.